The van der Waals surface area contributed by atoms with Crippen LogP contribution in [0, 0.1) is 17.7 Å². The zero-order valence-corrected chi connectivity index (χ0v) is 17.1. The van der Waals surface area contributed by atoms with Crippen LogP contribution in [-0.4, -0.2) is 52.2 Å². The van der Waals surface area contributed by atoms with Crippen molar-refractivity contribution in [1.29, 1.82) is 0 Å². The zero-order valence-electron chi connectivity index (χ0n) is 17.1. The molecule has 0 unspecified atom stereocenters. The van der Waals surface area contributed by atoms with Crippen molar-refractivity contribution in [3.8, 4) is 0 Å². The molecule has 9 nitrogen and oxygen atoms in total. The van der Waals surface area contributed by atoms with E-state index in [1.807, 2.05) is 0 Å². The first-order valence-corrected chi connectivity index (χ1v) is 10.5. The number of hydrogen-bond donors (Lipinski definition) is 3. The summed E-state index contributed by atoms with van der Waals surface area (Å²) in [5, 5.41) is 9.91. The fourth-order valence-corrected chi connectivity index (χ4v) is 4.18. The number of alkyl halides is 2. The van der Waals surface area contributed by atoms with Gasteiger partial charge in [-0.05, 0) is 25.2 Å². The Labute approximate surface area is 177 Å². The highest BCUT2D eigenvalue weighted by Crippen LogP contribution is 2.31. The van der Waals surface area contributed by atoms with E-state index in [-0.39, 0.29) is 24.7 Å². The van der Waals surface area contributed by atoms with Crippen LogP contribution in [0.15, 0.2) is 0 Å². The summed E-state index contributed by atoms with van der Waals surface area (Å²) in [5.74, 6) is -3.66. The van der Waals surface area contributed by atoms with Crippen LogP contribution >= 0.6 is 0 Å². The number of hydrazine groups is 1. The third-order valence-electron chi connectivity index (χ3n) is 5.75. The number of rotatable bonds is 10. The van der Waals surface area contributed by atoms with Crippen molar-refractivity contribution in [1.82, 2.24) is 20.5 Å². The van der Waals surface area contributed by atoms with Gasteiger partial charge in [0, 0.05) is 13.1 Å². The van der Waals surface area contributed by atoms with Gasteiger partial charge in [0.2, 0.25) is 18.1 Å². The predicted molar refractivity (Wildman–Crippen MR) is 105 cm³/mol. The van der Waals surface area contributed by atoms with Crippen molar-refractivity contribution in [3.63, 3.8) is 0 Å². The van der Waals surface area contributed by atoms with E-state index >= 15 is 0 Å². The fourth-order valence-electron chi connectivity index (χ4n) is 4.18. The van der Waals surface area contributed by atoms with Gasteiger partial charge in [0.1, 0.15) is 0 Å². The molecular formula is C19H27F3N6O3. The summed E-state index contributed by atoms with van der Waals surface area (Å²) in [7, 11) is 0. The number of halogens is 3. The summed E-state index contributed by atoms with van der Waals surface area (Å²) in [4.78, 5) is 32.2. The lowest BCUT2D eigenvalue weighted by molar-refractivity contribution is -0.154. The summed E-state index contributed by atoms with van der Waals surface area (Å²) in [6, 6.07) is 0. The average Bonchev–Trinajstić information content (AvgIpc) is 3.46. The smallest absolute Gasteiger partial charge is 0.297 e. The van der Waals surface area contributed by atoms with Gasteiger partial charge in [-0.2, -0.15) is 4.39 Å². The number of aromatic nitrogens is 2. The van der Waals surface area contributed by atoms with Crippen molar-refractivity contribution in [2.45, 2.75) is 51.4 Å². The predicted octanol–water partition coefficient (Wildman–Crippen LogP) is 2.64. The summed E-state index contributed by atoms with van der Waals surface area (Å²) < 4.78 is 41.4. The van der Waals surface area contributed by atoms with Crippen LogP contribution in [0.4, 0.5) is 24.8 Å². The zero-order chi connectivity index (χ0) is 22.4. The molecule has 2 fully saturated rings. The van der Waals surface area contributed by atoms with E-state index in [1.54, 1.807) is 4.90 Å². The Morgan fingerprint density at radius 1 is 1.23 bits per heavy atom. The van der Waals surface area contributed by atoms with Crippen LogP contribution in [0.5, 0.6) is 0 Å². The maximum absolute atomic E-state index is 14.9. The molecule has 0 aromatic carbocycles. The molecule has 1 saturated carbocycles. The van der Waals surface area contributed by atoms with Crippen molar-refractivity contribution in [2.75, 3.05) is 30.0 Å². The van der Waals surface area contributed by atoms with E-state index in [0.717, 1.165) is 38.5 Å². The average molecular weight is 444 g/mol. The third-order valence-corrected chi connectivity index (χ3v) is 5.75. The van der Waals surface area contributed by atoms with Gasteiger partial charge in [0.05, 0.1) is 12.5 Å². The molecule has 0 spiro atoms. The van der Waals surface area contributed by atoms with Crippen LogP contribution in [0.2, 0.25) is 0 Å². The van der Waals surface area contributed by atoms with Gasteiger partial charge in [0.25, 0.3) is 6.43 Å². The molecule has 1 saturated heterocycles. The standard InChI is InChI=1S/C19H27F3N6O3/c20-14-16(23-17(15(21)22)24-18(14)27-7-3-4-8-27)25-26-19(30)13(10-28(31)11-29)9-12-5-1-2-6-12/h11-13,15,31H,1-10H2,(H,26,30)(H,23,24,25)/t13-/m1/s1. The normalized spacial score (nSPS) is 17.8. The van der Waals surface area contributed by atoms with Gasteiger partial charge in [-0.1, -0.05) is 25.7 Å². The Balaban J connectivity index is 1.73. The molecule has 3 rings (SSSR count). The lowest BCUT2D eigenvalue weighted by Crippen LogP contribution is -2.41. The van der Waals surface area contributed by atoms with Crippen molar-refractivity contribution >= 4 is 24.0 Å². The van der Waals surface area contributed by atoms with E-state index in [4.69, 9.17) is 0 Å². The maximum Gasteiger partial charge on any atom is 0.297 e. The number of anilines is 2. The SMILES string of the molecule is O=CN(O)C[C@@H](CC1CCCC1)C(=O)NNc1nc(C(F)F)nc(N2CCCC2)c1F. The fraction of sp³-hybridized carbons (Fsp3) is 0.684. The molecule has 2 aliphatic rings. The van der Waals surface area contributed by atoms with Crippen LogP contribution < -0.4 is 15.8 Å². The minimum atomic E-state index is -3.01. The van der Waals surface area contributed by atoms with Crippen molar-refractivity contribution < 1.29 is 28.0 Å². The molecule has 172 valence electrons. The molecule has 12 heteroatoms. The summed E-state index contributed by atoms with van der Waals surface area (Å²) in [6.45, 7) is 0.745. The van der Waals surface area contributed by atoms with Gasteiger partial charge in [-0.25, -0.2) is 23.8 Å². The molecule has 2 amide bonds. The van der Waals surface area contributed by atoms with Gasteiger partial charge in [-0.15, -0.1) is 0 Å². The summed E-state index contributed by atoms with van der Waals surface area (Å²) in [6.07, 6.45) is 3.21. The van der Waals surface area contributed by atoms with E-state index in [9.17, 15) is 28.0 Å². The minimum Gasteiger partial charge on any atom is -0.354 e. The lowest BCUT2D eigenvalue weighted by atomic mass is 9.92. The maximum atomic E-state index is 14.9. The highest BCUT2D eigenvalue weighted by atomic mass is 19.3. The number of nitrogens with one attached hydrogen (secondary N) is 2. The molecule has 0 bridgehead atoms. The third kappa shape index (κ3) is 5.96. The Morgan fingerprint density at radius 3 is 2.52 bits per heavy atom. The second-order valence-corrected chi connectivity index (χ2v) is 7.99. The van der Waals surface area contributed by atoms with Crippen LogP contribution in [0.3, 0.4) is 0 Å². The van der Waals surface area contributed by atoms with Gasteiger partial charge in [0.15, 0.2) is 17.5 Å². The van der Waals surface area contributed by atoms with Crippen molar-refractivity contribution in [2.24, 2.45) is 11.8 Å². The molecule has 1 aromatic heterocycles. The molecule has 1 aromatic rings. The summed E-state index contributed by atoms with van der Waals surface area (Å²) >= 11 is 0. The van der Waals surface area contributed by atoms with Crippen LogP contribution in [0.1, 0.15) is 57.2 Å². The van der Waals surface area contributed by atoms with E-state index < -0.39 is 35.7 Å². The highest BCUT2D eigenvalue weighted by Gasteiger charge is 2.28. The molecule has 2 heterocycles. The number of amides is 2. The van der Waals surface area contributed by atoms with E-state index in [0.29, 0.717) is 24.6 Å². The number of hydrogen-bond acceptors (Lipinski definition) is 7. The molecule has 1 aliphatic heterocycles. The van der Waals surface area contributed by atoms with E-state index in [2.05, 4.69) is 20.8 Å². The molecule has 1 atom stereocenters. The number of carbonyl (C=O) groups excluding carboxylic acids is 2. The first-order valence-electron chi connectivity index (χ1n) is 10.5. The highest BCUT2D eigenvalue weighted by molar-refractivity contribution is 5.80. The molecule has 31 heavy (non-hydrogen) atoms. The first-order chi connectivity index (χ1) is 14.9. The summed E-state index contributed by atoms with van der Waals surface area (Å²) in [5.41, 5.74) is 4.59. The molecule has 3 N–H and O–H groups in total. The number of nitrogens with zero attached hydrogens (tertiary/aromatic N) is 4. The Morgan fingerprint density at radius 2 is 1.90 bits per heavy atom. The largest absolute Gasteiger partial charge is 0.354 e. The molecular weight excluding hydrogens is 417 g/mol. The second-order valence-electron chi connectivity index (χ2n) is 7.99. The first kappa shape index (κ1) is 23.0. The van der Waals surface area contributed by atoms with Crippen LogP contribution in [-0.2, 0) is 9.59 Å². The quantitative estimate of drug-likeness (QED) is 0.289. The van der Waals surface area contributed by atoms with Gasteiger partial charge < -0.3 is 4.90 Å². The van der Waals surface area contributed by atoms with Gasteiger partial charge >= 0.3 is 0 Å². The second kappa shape index (κ2) is 10.6. The Kier molecular flexibility index (Phi) is 7.88. The van der Waals surface area contributed by atoms with Crippen molar-refractivity contribution in [3.05, 3.63) is 11.6 Å². The Hall–Kier alpha value is -2.63. The van der Waals surface area contributed by atoms with Gasteiger partial charge in [-0.3, -0.25) is 25.6 Å². The van der Waals surface area contributed by atoms with E-state index in [1.165, 1.54) is 0 Å². The number of hydroxylamine groups is 2. The number of carbonyl (C=O) groups is 2. The molecule has 0 radical (unpaired) electrons. The van der Waals surface area contributed by atoms with Crippen LogP contribution in [0.25, 0.3) is 0 Å². The Bertz CT molecular complexity index is 773. The lowest BCUT2D eigenvalue weighted by Gasteiger charge is -2.23. The minimum absolute atomic E-state index is 0.198. The molecule has 1 aliphatic carbocycles. The monoisotopic (exact) mass is 444 g/mol. The topological polar surface area (TPSA) is 111 Å².